The second kappa shape index (κ2) is 8.04. The Morgan fingerprint density at radius 1 is 1.30 bits per heavy atom. The molecule has 0 saturated carbocycles. The Balaban J connectivity index is 2.36. The van der Waals surface area contributed by atoms with Crippen LogP contribution in [-0.4, -0.2) is 28.5 Å². The van der Waals surface area contributed by atoms with Gasteiger partial charge in [-0.05, 0) is 38.1 Å². The third-order valence-electron chi connectivity index (χ3n) is 2.90. The summed E-state index contributed by atoms with van der Waals surface area (Å²) in [6.45, 7) is 3.86. The lowest BCUT2D eigenvalue weighted by Gasteiger charge is -2.07. The number of carbonyl (C=O) groups is 1. The molecule has 0 spiro atoms. The van der Waals surface area contributed by atoms with Gasteiger partial charge in [-0.1, -0.05) is 23.2 Å². The quantitative estimate of drug-likeness (QED) is 0.587. The van der Waals surface area contributed by atoms with Crippen molar-refractivity contribution in [2.24, 2.45) is 4.99 Å². The standard InChI is InChI=1S/C16H15Cl2N3O2/c1-3-23-15(22)8-10(2)20-14-6-7-19-21-16(14)12-5-4-11(17)9-13(12)18/h4-7,9H,3,8H2,1-2H3. The fraction of sp³-hybridized carbons (Fsp3) is 0.250. The van der Waals surface area contributed by atoms with Gasteiger partial charge in [0, 0.05) is 16.3 Å². The van der Waals surface area contributed by atoms with Crippen molar-refractivity contribution >= 4 is 40.6 Å². The Bertz CT molecular complexity index is 748. The highest BCUT2D eigenvalue weighted by Gasteiger charge is 2.12. The zero-order chi connectivity index (χ0) is 16.8. The van der Waals surface area contributed by atoms with Crippen molar-refractivity contribution in [1.82, 2.24) is 10.2 Å². The smallest absolute Gasteiger partial charge is 0.311 e. The van der Waals surface area contributed by atoms with E-state index in [1.165, 1.54) is 6.20 Å². The summed E-state index contributed by atoms with van der Waals surface area (Å²) in [5.74, 6) is -0.318. The van der Waals surface area contributed by atoms with Crippen LogP contribution in [0.15, 0.2) is 35.5 Å². The summed E-state index contributed by atoms with van der Waals surface area (Å²) in [5, 5.41) is 8.98. The molecule has 2 aromatic rings. The SMILES string of the molecule is CCOC(=O)CC(C)=Nc1ccnnc1-c1ccc(Cl)cc1Cl. The lowest BCUT2D eigenvalue weighted by Crippen LogP contribution is -2.08. The second-order valence-electron chi connectivity index (χ2n) is 4.72. The van der Waals surface area contributed by atoms with Crippen LogP contribution in [0.5, 0.6) is 0 Å². The number of rotatable bonds is 5. The van der Waals surface area contributed by atoms with Crippen LogP contribution in [-0.2, 0) is 9.53 Å². The van der Waals surface area contributed by atoms with Crippen molar-refractivity contribution in [1.29, 1.82) is 0 Å². The van der Waals surface area contributed by atoms with Crippen LogP contribution in [0.2, 0.25) is 10.0 Å². The average molecular weight is 352 g/mol. The Morgan fingerprint density at radius 2 is 2.09 bits per heavy atom. The van der Waals surface area contributed by atoms with Crippen LogP contribution < -0.4 is 0 Å². The summed E-state index contributed by atoms with van der Waals surface area (Å²) in [4.78, 5) is 16.0. The molecule has 0 aliphatic carbocycles. The van der Waals surface area contributed by atoms with E-state index in [1.807, 2.05) is 0 Å². The number of aromatic nitrogens is 2. The van der Waals surface area contributed by atoms with Crippen LogP contribution in [0.25, 0.3) is 11.3 Å². The van der Waals surface area contributed by atoms with Gasteiger partial charge in [0.05, 0.1) is 29.9 Å². The summed E-state index contributed by atoms with van der Waals surface area (Å²) < 4.78 is 4.91. The van der Waals surface area contributed by atoms with Crippen LogP contribution in [0.3, 0.4) is 0 Å². The van der Waals surface area contributed by atoms with E-state index in [0.29, 0.717) is 39.3 Å². The van der Waals surface area contributed by atoms with Crippen molar-refractivity contribution in [2.75, 3.05) is 6.61 Å². The highest BCUT2D eigenvalue weighted by Crippen LogP contribution is 2.34. The molecule has 0 amide bonds. The normalized spacial score (nSPS) is 11.4. The molecule has 0 radical (unpaired) electrons. The van der Waals surface area contributed by atoms with Gasteiger partial charge in [0.1, 0.15) is 5.69 Å². The largest absolute Gasteiger partial charge is 0.466 e. The minimum atomic E-state index is -0.318. The summed E-state index contributed by atoms with van der Waals surface area (Å²) in [6, 6.07) is 6.82. The molecule has 1 aromatic carbocycles. The molecule has 0 unspecified atom stereocenters. The molecule has 7 heteroatoms. The number of benzene rings is 1. The minimum absolute atomic E-state index is 0.115. The van der Waals surface area contributed by atoms with E-state index in [1.54, 1.807) is 38.1 Å². The van der Waals surface area contributed by atoms with Gasteiger partial charge in [0.2, 0.25) is 0 Å². The molecule has 0 aliphatic heterocycles. The van der Waals surface area contributed by atoms with Gasteiger partial charge in [-0.15, -0.1) is 5.10 Å². The van der Waals surface area contributed by atoms with Crippen LogP contribution >= 0.6 is 23.2 Å². The van der Waals surface area contributed by atoms with Gasteiger partial charge in [0.15, 0.2) is 0 Å². The van der Waals surface area contributed by atoms with E-state index in [9.17, 15) is 4.79 Å². The fourth-order valence-electron chi connectivity index (χ4n) is 1.95. The molecule has 1 aromatic heterocycles. The molecular weight excluding hydrogens is 337 g/mol. The lowest BCUT2D eigenvalue weighted by molar-refractivity contribution is -0.141. The van der Waals surface area contributed by atoms with E-state index in [0.717, 1.165) is 0 Å². The van der Waals surface area contributed by atoms with E-state index in [4.69, 9.17) is 27.9 Å². The number of nitrogens with zero attached hydrogens (tertiary/aromatic N) is 3. The zero-order valence-corrected chi connectivity index (χ0v) is 14.2. The number of carbonyl (C=O) groups excluding carboxylic acids is 1. The highest BCUT2D eigenvalue weighted by molar-refractivity contribution is 6.36. The monoisotopic (exact) mass is 351 g/mol. The third kappa shape index (κ3) is 4.74. The minimum Gasteiger partial charge on any atom is -0.466 e. The first kappa shape index (κ1) is 17.4. The Labute approximate surface area is 144 Å². The molecule has 0 N–H and O–H groups in total. The lowest BCUT2D eigenvalue weighted by atomic mass is 10.1. The first-order chi connectivity index (χ1) is 11.0. The molecule has 0 atom stereocenters. The van der Waals surface area contributed by atoms with Crippen molar-refractivity contribution < 1.29 is 9.53 Å². The zero-order valence-electron chi connectivity index (χ0n) is 12.7. The molecule has 23 heavy (non-hydrogen) atoms. The summed E-state index contributed by atoms with van der Waals surface area (Å²) in [7, 11) is 0. The molecule has 120 valence electrons. The van der Waals surface area contributed by atoms with Gasteiger partial charge >= 0.3 is 5.97 Å². The van der Waals surface area contributed by atoms with E-state index in [-0.39, 0.29) is 12.4 Å². The summed E-state index contributed by atoms with van der Waals surface area (Å²) >= 11 is 12.1. The van der Waals surface area contributed by atoms with Crippen molar-refractivity contribution in [3.8, 4) is 11.3 Å². The van der Waals surface area contributed by atoms with Gasteiger partial charge in [0.25, 0.3) is 0 Å². The maximum atomic E-state index is 11.5. The first-order valence-corrected chi connectivity index (χ1v) is 7.73. The molecule has 0 fully saturated rings. The number of hydrogen-bond donors (Lipinski definition) is 0. The Morgan fingerprint density at radius 3 is 2.78 bits per heavy atom. The maximum Gasteiger partial charge on any atom is 0.311 e. The number of aliphatic imine (C=N–C) groups is 1. The van der Waals surface area contributed by atoms with Gasteiger partial charge in [-0.25, -0.2) is 0 Å². The molecule has 5 nitrogen and oxygen atoms in total. The molecule has 2 rings (SSSR count). The van der Waals surface area contributed by atoms with Crippen LogP contribution in [0, 0.1) is 0 Å². The number of hydrogen-bond acceptors (Lipinski definition) is 5. The first-order valence-electron chi connectivity index (χ1n) is 6.98. The van der Waals surface area contributed by atoms with Gasteiger partial charge in [-0.2, -0.15) is 5.10 Å². The van der Waals surface area contributed by atoms with Crippen molar-refractivity contribution in [2.45, 2.75) is 20.3 Å². The molecule has 0 bridgehead atoms. The van der Waals surface area contributed by atoms with E-state index in [2.05, 4.69) is 15.2 Å². The molecule has 0 aliphatic rings. The van der Waals surface area contributed by atoms with Crippen molar-refractivity contribution in [3.63, 3.8) is 0 Å². The predicted molar refractivity (Wildman–Crippen MR) is 91.5 cm³/mol. The molecule has 0 saturated heterocycles. The molecule has 1 heterocycles. The van der Waals surface area contributed by atoms with Gasteiger partial charge in [-0.3, -0.25) is 9.79 Å². The third-order valence-corrected chi connectivity index (χ3v) is 3.45. The Kier molecular flexibility index (Phi) is 6.07. The van der Waals surface area contributed by atoms with Crippen LogP contribution in [0.1, 0.15) is 20.3 Å². The topological polar surface area (TPSA) is 64.4 Å². The summed E-state index contributed by atoms with van der Waals surface area (Å²) in [6.07, 6.45) is 1.65. The van der Waals surface area contributed by atoms with E-state index < -0.39 is 0 Å². The van der Waals surface area contributed by atoms with Gasteiger partial charge < -0.3 is 4.74 Å². The number of ether oxygens (including phenoxy) is 1. The highest BCUT2D eigenvalue weighted by atomic mass is 35.5. The van der Waals surface area contributed by atoms with E-state index >= 15 is 0 Å². The average Bonchev–Trinajstić information content (AvgIpc) is 2.48. The number of esters is 1. The second-order valence-corrected chi connectivity index (χ2v) is 5.56. The summed E-state index contributed by atoms with van der Waals surface area (Å²) in [5.41, 5.74) is 2.39. The van der Waals surface area contributed by atoms with Crippen LogP contribution in [0.4, 0.5) is 5.69 Å². The fourth-order valence-corrected chi connectivity index (χ4v) is 2.45. The predicted octanol–water partition coefficient (Wildman–Crippen LogP) is 4.50. The Hall–Kier alpha value is -1.98. The maximum absolute atomic E-state index is 11.5. The van der Waals surface area contributed by atoms with Crippen molar-refractivity contribution in [3.05, 3.63) is 40.5 Å². The molecular formula is C16H15Cl2N3O2. The number of halogens is 2.